The summed E-state index contributed by atoms with van der Waals surface area (Å²) in [6.07, 6.45) is -3.33. The van der Waals surface area contributed by atoms with Crippen molar-refractivity contribution in [3.8, 4) is 0 Å². The molecule has 1 aliphatic heterocycles. The van der Waals surface area contributed by atoms with Gasteiger partial charge in [-0.3, -0.25) is 9.69 Å². The van der Waals surface area contributed by atoms with Crippen molar-refractivity contribution in [1.82, 2.24) is 20.2 Å². The monoisotopic (exact) mass is 359 g/mol. The summed E-state index contributed by atoms with van der Waals surface area (Å²) in [4.78, 5) is 23.3. The number of alkyl halides is 3. The molecule has 2 heterocycles. The normalized spacial score (nSPS) is 16.8. The van der Waals surface area contributed by atoms with Crippen LogP contribution in [0, 0.1) is 5.41 Å². The van der Waals surface area contributed by atoms with Crippen LogP contribution in [-0.4, -0.2) is 60.0 Å². The summed E-state index contributed by atoms with van der Waals surface area (Å²) in [6, 6.07) is 0.873. The largest absolute Gasteiger partial charge is 0.433 e. The van der Waals surface area contributed by atoms with Gasteiger partial charge in [0.1, 0.15) is 5.69 Å². The first-order chi connectivity index (χ1) is 11.6. The van der Waals surface area contributed by atoms with Gasteiger partial charge >= 0.3 is 6.18 Å². The van der Waals surface area contributed by atoms with E-state index in [1.165, 1.54) is 0 Å². The van der Waals surface area contributed by atoms with Gasteiger partial charge in [0.2, 0.25) is 11.9 Å². The lowest BCUT2D eigenvalue weighted by molar-refractivity contribution is -0.141. The third kappa shape index (κ3) is 5.55. The third-order valence-corrected chi connectivity index (χ3v) is 3.98. The van der Waals surface area contributed by atoms with Crippen LogP contribution >= 0.6 is 0 Å². The number of anilines is 1. The first kappa shape index (κ1) is 19.4. The molecule has 9 heteroatoms. The molecule has 0 bridgehead atoms. The second-order valence-electron chi connectivity index (χ2n) is 7.07. The highest BCUT2D eigenvalue weighted by atomic mass is 19.4. The van der Waals surface area contributed by atoms with E-state index in [2.05, 4.69) is 20.2 Å². The van der Waals surface area contributed by atoms with Crippen LogP contribution in [-0.2, 0) is 11.0 Å². The Kier molecular flexibility index (Phi) is 5.87. The highest BCUT2D eigenvalue weighted by Crippen LogP contribution is 2.28. The van der Waals surface area contributed by atoms with Gasteiger partial charge in [0.05, 0.1) is 0 Å². The van der Waals surface area contributed by atoms with Crippen LogP contribution < -0.4 is 10.2 Å². The van der Waals surface area contributed by atoms with Crippen LogP contribution in [0.3, 0.4) is 0 Å². The summed E-state index contributed by atoms with van der Waals surface area (Å²) in [5.41, 5.74) is -1.34. The molecule has 0 saturated carbocycles. The zero-order valence-corrected chi connectivity index (χ0v) is 14.7. The van der Waals surface area contributed by atoms with Crippen molar-refractivity contribution in [2.24, 2.45) is 5.41 Å². The average molecular weight is 359 g/mol. The number of rotatable bonds is 4. The van der Waals surface area contributed by atoms with Crippen LogP contribution in [0.15, 0.2) is 12.3 Å². The zero-order chi connectivity index (χ0) is 18.7. The van der Waals surface area contributed by atoms with E-state index in [9.17, 15) is 18.0 Å². The van der Waals surface area contributed by atoms with Gasteiger partial charge in [0.25, 0.3) is 0 Å². The summed E-state index contributed by atoms with van der Waals surface area (Å²) in [5.74, 6) is 0.110. The summed E-state index contributed by atoms with van der Waals surface area (Å²) in [6.45, 7) is 9.30. The van der Waals surface area contributed by atoms with Crippen LogP contribution in [0.1, 0.15) is 26.5 Å². The van der Waals surface area contributed by atoms with Crippen molar-refractivity contribution in [1.29, 1.82) is 0 Å². The SMILES string of the molecule is CC(C)(C)C(=O)NCCN1CCN(c2nccc(C(F)(F)F)n2)CC1. The van der Waals surface area contributed by atoms with E-state index in [1.54, 1.807) is 4.90 Å². The van der Waals surface area contributed by atoms with Crippen LogP contribution in [0.25, 0.3) is 0 Å². The second kappa shape index (κ2) is 7.55. The standard InChI is InChI=1S/C16H24F3N5O/c1-15(2,3)13(25)20-6-7-23-8-10-24(11-9-23)14-21-5-4-12(22-14)16(17,18)19/h4-5H,6-11H2,1-3H3,(H,20,25). The molecule has 0 atom stereocenters. The van der Waals surface area contributed by atoms with Gasteiger partial charge in [-0.1, -0.05) is 20.8 Å². The molecule has 1 fully saturated rings. The minimum atomic E-state index is -4.47. The molecule has 6 nitrogen and oxygen atoms in total. The number of hydrogen-bond donors (Lipinski definition) is 1. The lowest BCUT2D eigenvalue weighted by atomic mass is 9.96. The summed E-state index contributed by atoms with van der Waals surface area (Å²) in [5, 5.41) is 2.89. The van der Waals surface area contributed by atoms with Crippen molar-refractivity contribution in [3.05, 3.63) is 18.0 Å². The van der Waals surface area contributed by atoms with Crippen molar-refractivity contribution < 1.29 is 18.0 Å². The number of hydrogen-bond acceptors (Lipinski definition) is 5. The topological polar surface area (TPSA) is 61.4 Å². The molecule has 1 aliphatic rings. The smallest absolute Gasteiger partial charge is 0.354 e. The number of nitrogens with one attached hydrogen (secondary N) is 1. The summed E-state index contributed by atoms with van der Waals surface area (Å²) in [7, 11) is 0. The van der Waals surface area contributed by atoms with Crippen LogP contribution in [0.4, 0.5) is 19.1 Å². The Bertz CT molecular complexity index is 592. The first-order valence-corrected chi connectivity index (χ1v) is 8.23. The van der Waals surface area contributed by atoms with Gasteiger partial charge in [0.15, 0.2) is 0 Å². The first-order valence-electron chi connectivity index (χ1n) is 8.23. The van der Waals surface area contributed by atoms with Crippen molar-refractivity contribution in [2.45, 2.75) is 26.9 Å². The molecule has 2 rings (SSSR count). The maximum atomic E-state index is 12.7. The van der Waals surface area contributed by atoms with E-state index in [0.29, 0.717) is 39.3 Å². The number of piperazine rings is 1. The maximum absolute atomic E-state index is 12.7. The summed E-state index contributed by atoms with van der Waals surface area (Å²) >= 11 is 0. The van der Waals surface area contributed by atoms with Gasteiger partial charge in [-0.2, -0.15) is 13.2 Å². The van der Waals surface area contributed by atoms with Crippen molar-refractivity contribution >= 4 is 11.9 Å². The molecular weight excluding hydrogens is 335 g/mol. The Morgan fingerprint density at radius 1 is 1.20 bits per heavy atom. The molecule has 1 amide bonds. The Labute approximate surface area is 145 Å². The van der Waals surface area contributed by atoms with Gasteiger partial charge < -0.3 is 10.2 Å². The maximum Gasteiger partial charge on any atom is 0.433 e. The number of nitrogens with zero attached hydrogens (tertiary/aromatic N) is 4. The van der Waals surface area contributed by atoms with Gasteiger partial charge in [-0.15, -0.1) is 0 Å². The third-order valence-electron chi connectivity index (χ3n) is 3.98. The fourth-order valence-electron chi connectivity index (χ4n) is 2.42. The predicted octanol–water partition coefficient (Wildman–Crippen LogP) is 1.78. The van der Waals surface area contributed by atoms with E-state index in [1.807, 2.05) is 20.8 Å². The molecule has 0 aromatic carbocycles. The molecular formula is C16H24F3N5O. The molecule has 0 aliphatic carbocycles. The number of aromatic nitrogens is 2. The fourth-order valence-corrected chi connectivity index (χ4v) is 2.42. The number of amides is 1. The Morgan fingerprint density at radius 2 is 1.84 bits per heavy atom. The van der Waals surface area contributed by atoms with Gasteiger partial charge in [-0.05, 0) is 6.07 Å². The van der Waals surface area contributed by atoms with E-state index in [0.717, 1.165) is 12.3 Å². The number of carbonyl (C=O) groups excluding carboxylic acids is 1. The predicted molar refractivity (Wildman–Crippen MR) is 88.2 cm³/mol. The quantitative estimate of drug-likeness (QED) is 0.888. The lowest BCUT2D eigenvalue weighted by Gasteiger charge is -2.35. The second-order valence-corrected chi connectivity index (χ2v) is 7.07. The van der Waals surface area contributed by atoms with Gasteiger partial charge in [-0.25, -0.2) is 9.97 Å². The highest BCUT2D eigenvalue weighted by Gasteiger charge is 2.33. The lowest BCUT2D eigenvalue weighted by Crippen LogP contribution is -2.49. The molecule has 1 N–H and O–H groups in total. The molecule has 0 unspecified atom stereocenters. The zero-order valence-electron chi connectivity index (χ0n) is 14.7. The Morgan fingerprint density at radius 3 is 2.40 bits per heavy atom. The molecule has 140 valence electrons. The van der Waals surface area contributed by atoms with E-state index >= 15 is 0 Å². The number of halogens is 3. The fraction of sp³-hybridized carbons (Fsp3) is 0.688. The van der Waals surface area contributed by atoms with E-state index in [-0.39, 0.29) is 11.9 Å². The van der Waals surface area contributed by atoms with E-state index < -0.39 is 17.3 Å². The van der Waals surface area contributed by atoms with Crippen molar-refractivity contribution in [2.75, 3.05) is 44.2 Å². The summed E-state index contributed by atoms with van der Waals surface area (Å²) < 4.78 is 38.2. The molecule has 0 spiro atoms. The Balaban J connectivity index is 1.81. The Hall–Kier alpha value is -1.90. The molecule has 1 aromatic heterocycles. The highest BCUT2D eigenvalue weighted by molar-refractivity contribution is 5.81. The minimum Gasteiger partial charge on any atom is -0.354 e. The molecule has 25 heavy (non-hydrogen) atoms. The minimum absolute atomic E-state index is 0.00324. The molecule has 1 aromatic rings. The molecule has 0 radical (unpaired) electrons. The van der Waals surface area contributed by atoms with Crippen LogP contribution in [0.5, 0.6) is 0 Å². The average Bonchev–Trinajstić information content (AvgIpc) is 2.54. The molecule has 1 saturated heterocycles. The van der Waals surface area contributed by atoms with Crippen LogP contribution in [0.2, 0.25) is 0 Å². The van der Waals surface area contributed by atoms with Gasteiger partial charge in [0, 0.05) is 50.9 Å². The van der Waals surface area contributed by atoms with E-state index in [4.69, 9.17) is 0 Å². The number of carbonyl (C=O) groups is 1. The van der Waals surface area contributed by atoms with Crippen molar-refractivity contribution in [3.63, 3.8) is 0 Å².